The first kappa shape index (κ1) is 20.9. The number of nitrogens with two attached hydrogens (primary N) is 1. The van der Waals surface area contributed by atoms with Crippen molar-refractivity contribution in [3.8, 4) is 17.2 Å². The highest BCUT2D eigenvalue weighted by Gasteiger charge is 2.15. The molecule has 7 heteroatoms. The molecule has 146 valence electrons. The molecular formula is C20H26ClN2O4+. The highest BCUT2D eigenvalue weighted by molar-refractivity contribution is 6.30. The summed E-state index contributed by atoms with van der Waals surface area (Å²) in [6, 6.07) is 11.4. The first-order valence-corrected chi connectivity index (χ1v) is 9.00. The van der Waals surface area contributed by atoms with Crippen molar-refractivity contribution >= 4 is 17.5 Å². The van der Waals surface area contributed by atoms with E-state index >= 15 is 0 Å². The molecule has 0 saturated heterocycles. The van der Waals surface area contributed by atoms with Gasteiger partial charge in [0.05, 0.1) is 21.3 Å². The largest absolute Gasteiger partial charge is 0.493 e. The molecule has 0 saturated carbocycles. The van der Waals surface area contributed by atoms with Crippen LogP contribution in [-0.4, -0.2) is 33.8 Å². The molecule has 0 aliphatic rings. The van der Waals surface area contributed by atoms with E-state index in [0.717, 1.165) is 11.1 Å². The summed E-state index contributed by atoms with van der Waals surface area (Å²) in [5, 5.41) is 5.59. The molecular weight excluding hydrogens is 368 g/mol. The monoisotopic (exact) mass is 393 g/mol. The molecule has 2 aromatic carbocycles. The van der Waals surface area contributed by atoms with Crippen molar-refractivity contribution < 1.29 is 24.3 Å². The molecule has 0 aromatic heterocycles. The summed E-state index contributed by atoms with van der Waals surface area (Å²) in [5.41, 5.74) is 1.99. The summed E-state index contributed by atoms with van der Waals surface area (Å²) in [4.78, 5) is 12.2. The van der Waals surface area contributed by atoms with Gasteiger partial charge in [0.15, 0.2) is 18.0 Å². The molecule has 3 N–H and O–H groups in total. The van der Waals surface area contributed by atoms with E-state index in [1.807, 2.05) is 41.7 Å². The Balaban J connectivity index is 1.90. The number of benzene rings is 2. The van der Waals surface area contributed by atoms with E-state index in [4.69, 9.17) is 25.8 Å². The van der Waals surface area contributed by atoms with Crippen molar-refractivity contribution in [3.63, 3.8) is 0 Å². The van der Waals surface area contributed by atoms with E-state index in [1.54, 1.807) is 21.3 Å². The smallest absolute Gasteiger partial charge is 0.275 e. The second kappa shape index (κ2) is 10.0. The number of quaternary nitrogens is 1. The lowest BCUT2D eigenvalue weighted by Crippen LogP contribution is -2.87. The topological polar surface area (TPSA) is 73.4 Å². The van der Waals surface area contributed by atoms with E-state index < -0.39 is 0 Å². The van der Waals surface area contributed by atoms with Crippen LogP contribution in [0.2, 0.25) is 5.02 Å². The average Bonchev–Trinajstić information content (AvgIpc) is 2.69. The van der Waals surface area contributed by atoms with Gasteiger partial charge >= 0.3 is 0 Å². The maximum atomic E-state index is 12.2. The van der Waals surface area contributed by atoms with Crippen molar-refractivity contribution in [1.82, 2.24) is 5.32 Å². The van der Waals surface area contributed by atoms with Crippen molar-refractivity contribution in [2.24, 2.45) is 0 Å². The Kier molecular flexibility index (Phi) is 7.76. The molecule has 0 unspecified atom stereocenters. The van der Waals surface area contributed by atoms with Gasteiger partial charge in [-0.3, -0.25) is 4.79 Å². The summed E-state index contributed by atoms with van der Waals surface area (Å²) < 4.78 is 16.0. The summed E-state index contributed by atoms with van der Waals surface area (Å²) >= 11 is 5.91. The fourth-order valence-corrected chi connectivity index (χ4v) is 2.82. The van der Waals surface area contributed by atoms with Crippen LogP contribution in [0.5, 0.6) is 17.2 Å². The SMILES string of the molecule is COc1cc(CNC(=O)C[NH2+][C@@H](C)c2ccc(Cl)cc2)cc(OC)c1OC. The molecule has 2 rings (SSSR count). The molecule has 2 aromatic rings. The van der Waals surface area contributed by atoms with Gasteiger partial charge in [-0.2, -0.15) is 0 Å². The van der Waals surface area contributed by atoms with Gasteiger partial charge in [0.2, 0.25) is 5.75 Å². The van der Waals surface area contributed by atoms with E-state index in [1.165, 1.54) is 0 Å². The normalized spacial score (nSPS) is 11.6. The Labute approximate surface area is 164 Å². The molecule has 6 nitrogen and oxygen atoms in total. The van der Waals surface area contributed by atoms with Gasteiger partial charge < -0.3 is 24.8 Å². The minimum atomic E-state index is -0.0513. The Morgan fingerprint density at radius 2 is 1.67 bits per heavy atom. The molecule has 0 aliphatic carbocycles. The number of ether oxygens (including phenoxy) is 3. The number of rotatable bonds is 9. The zero-order valence-corrected chi connectivity index (χ0v) is 16.8. The van der Waals surface area contributed by atoms with Crippen LogP contribution in [-0.2, 0) is 11.3 Å². The van der Waals surface area contributed by atoms with Crippen LogP contribution in [0.4, 0.5) is 0 Å². The first-order valence-electron chi connectivity index (χ1n) is 8.62. The standard InChI is InChI=1S/C20H25ClN2O4/c1-13(15-5-7-16(21)8-6-15)22-12-19(24)23-11-14-9-17(25-2)20(27-4)18(10-14)26-3/h5-10,13,22H,11-12H2,1-4H3,(H,23,24)/p+1/t13-/m0/s1. The lowest BCUT2D eigenvalue weighted by molar-refractivity contribution is -0.682. The van der Waals surface area contributed by atoms with Crippen LogP contribution in [0.25, 0.3) is 0 Å². The molecule has 0 bridgehead atoms. The number of nitrogens with one attached hydrogen (secondary N) is 1. The highest BCUT2D eigenvalue weighted by atomic mass is 35.5. The van der Waals surface area contributed by atoms with Crippen molar-refractivity contribution in [2.75, 3.05) is 27.9 Å². The molecule has 1 amide bonds. The molecule has 1 atom stereocenters. The third kappa shape index (κ3) is 5.77. The van der Waals surface area contributed by atoms with Gasteiger partial charge in [-0.25, -0.2) is 0 Å². The van der Waals surface area contributed by atoms with Crippen molar-refractivity contribution in [2.45, 2.75) is 19.5 Å². The lowest BCUT2D eigenvalue weighted by Gasteiger charge is -2.15. The molecule has 0 fully saturated rings. The highest BCUT2D eigenvalue weighted by Crippen LogP contribution is 2.38. The van der Waals surface area contributed by atoms with E-state index in [-0.39, 0.29) is 11.9 Å². The number of carbonyl (C=O) groups is 1. The summed E-state index contributed by atoms with van der Waals surface area (Å²) in [5.74, 6) is 1.60. The Morgan fingerprint density at radius 3 is 2.19 bits per heavy atom. The Bertz CT molecular complexity index is 740. The van der Waals surface area contributed by atoms with E-state index in [2.05, 4.69) is 12.2 Å². The molecule has 0 aliphatic heterocycles. The quantitative estimate of drug-likeness (QED) is 0.685. The average molecular weight is 394 g/mol. The third-order valence-electron chi connectivity index (χ3n) is 4.27. The minimum absolute atomic E-state index is 0.0513. The summed E-state index contributed by atoms with van der Waals surface area (Å²) in [7, 11) is 4.68. The van der Waals surface area contributed by atoms with Gasteiger partial charge in [0.25, 0.3) is 5.91 Å². The van der Waals surface area contributed by atoms with Gasteiger partial charge in [0, 0.05) is 17.1 Å². The fourth-order valence-electron chi connectivity index (χ4n) is 2.70. The summed E-state index contributed by atoms with van der Waals surface area (Å²) in [6.45, 7) is 2.75. The van der Waals surface area contributed by atoms with Crippen LogP contribution in [0.3, 0.4) is 0 Å². The molecule has 0 heterocycles. The van der Waals surface area contributed by atoms with Crippen LogP contribution < -0.4 is 24.8 Å². The second-order valence-electron chi connectivity index (χ2n) is 6.09. The number of amides is 1. The predicted molar refractivity (Wildman–Crippen MR) is 105 cm³/mol. The second-order valence-corrected chi connectivity index (χ2v) is 6.53. The lowest BCUT2D eigenvalue weighted by atomic mass is 10.1. The minimum Gasteiger partial charge on any atom is -0.493 e. The number of hydrogen-bond acceptors (Lipinski definition) is 4. The molecule has 0 radical (unpaired) electrons. The van der Waals surface area contributed by atoms with Crippen molar-refractivity contribution in [1.29, 1.82) is 0 Å². The molecule has 27 heavy (non-hydrogen) atoms. The predicted octanol–water partition coefficient (Wildman–Crippen LogP) is 2.31. The summed E-state index contributed by atoms with van der Waals surface area (Å²) in [6.07, 6.45) is 0. The maximum absolute atomic E-state index is 12.2. The number of hydrogen-bond donors (Lipinski definition) is 2. The van der Waals surface area contributed by atoms with Crippen LogP contribution in [0.1, 0.15) is 24.1 Å². The molecule has 0 spiro atoms. The van der Waals surface area contributed by atoms with E-state index in [0.29, 0.717) is 35.4 Å². The van der Waals surface area contributed by atoms with Crippen molar-refractivity contribution in [3.05, 3.63) is 52.5 Å². The van der Waals surface area contributed by atoms with Gasteiger partial charge in [-0.05, 0) is 36.8 Å². The van der Waals surface area contributed by atoms with Crippen LogP contribution >= 0.6 is 11.6 Å². The zero-order valence-electron chi connectivity index (χ0n) is 16.0. The number of halogens is 1. The maximum Gasteiger partial charge on any atom is 0.275 e. The number of methoxy groups -OCH3 is 3. The van der Waals surface area contributed by atoms with Gasteiger partial charge in [-0.1, -0.05) is 23.7 Å². The first-order chi connectivity index (χ1) is 13.0. The zero-order chi connectivity index (χ0) is 19.8. The van der Waals surface area contributed by atoms with Crippen LogP contribution in [0.15, 0.2) is 36.4 Å². The van der Waals surface area contributed by atoms with E-state index in [9.17, 15) is 4.79 Å². The third-order valence-corrected chi connectivity index (χ3v) is 4.52. The fraction of sp³-hybridized carbons (Fsp3) is 0.350. The van der Waals surface area contributed by atoms with Gasteiger partial charge in [0.1, 0.15) is 6.04 Å². The Morgan fingerprint density at radius 1 is 1.07 bits per heavy atom. The van der Waals surface area contributed by atoms with Crippen LogP contribution in [0, 0.1) is 0 Å². The van der Waals surface area contributed by atoms with Gasteiger partial charge in [-0.15, -0.1) is 0 Å². The Hall–Kier alpha value is -2.44. The number of carbonyl (C=O) groups excluding carboxylic acids is 1.